The maximum atomic E-state index is 13.7. The first-order valence-corrected chi connectivity index (χ1v) is 10.9. The number of nitrogens with zero attached hydrogens (tertiary/aromatic N) is 2. The average Bonchev–Trinajstić information content (AvgIpc) is 2.74. The number of piperidine rings is 3. The fourth-order valence-electron chi connectivity index (χ4n) is 5.77. The van der Waals surface area contributed by atoms with Crippen molar-refractivity contribution in [2.45, 2.75) is 57.0 Å². The highest BCUT2D eigenvalue weighted by Crippen LogP contribution is 2.42. The van der Waals surface area contributed by atoms with Crippen molar-refractivity contribution in [1.29, 1.82) is 0 Å². The second-order valence-corrected chi connectivity index (χ2v) is 8.83. The zero-order valence-electron chi connectivity index (χ0n) is 17.2. The number of halogens is 1. The van der Waals surface area contributed by atoms with Gasteiger partial charge in [-0.1, -0.05) is 18.6 Å². The Balaban J connectivity index is 1.51. The van der Waals surface area contributed by atoms with Gasteiger partial charge in [0, 0.05) is 31.6 Å². The van der Waals surface area contributed by atoms with E-state index in [0.717, 1.165) is 38.0 Å². The Morgan fingerprint density at radius 1 is 1.17 bits per heavy atom. The number of hydrogen-bond acceptors (Lipinski definition) is 4. The second-order valence-electron chi connectivity index (χ2n) is 8.83. The van der Waals surface area contributed by atoms with E-state index in [0.29, 0.717) is 23.9 Å². The summed E-state index contributed by atoms with van der Waals surface area (Å²) in [5.74, 6) is 0.430. The summed E-state index contributed by atoms with van der Waals surface area (Å²) in [5, 5.41) is 0. The van der Waals surface area contributed by atoms with E-state index in [1.165, 1.54) is 32.4 Å². The predicted octanol–water partition coefficient (Wildman–Crippen LogP) is 3.02. The van der Waals surface area contributed by atoms with E-state index < -0.39 is 0 Å². The summed E-state index contributed by atoms with van der Waals surface area (Å²) in [6, 6.07) is 7.79. The van der Waals surface area contributed by atoms with E-state index in [1.807, 2.05) is 11.0 Å². The Labute approximate surface area is 172 Å². The lowest BCUT2D eigenvalue weighted by Crippen LogP contribution is -2.64. The molecule has 4 rings (SSSR count). The average molecular weight is 403 g/mol. The molecule has 6 heteroatoms. The number of rotatable bonds is 5. The quantitative estimate of drug-likeness (QED) is 0.711. The third-order valence-corrected chi connectivity index (χ3v) is 7.08. The highest BCUT2D eigenvalue weighted by molar-refractivity contribution is 5.81. The molecule has 0 spiro atoms. The van der Waals surface area contributed by atoms with Crippen LogP contribution in [0.5, 0.6) is 0 Å². The molecule has 3 heterocycles. The zero-order chi connectivity index (χ0) is 20.4. The van der Waals surface area contributed by atoms with Crippen LogP contribution in [0.25, 0.3) is 0 Å². The van der Waals surface area contributed by atoms with E-state index in [-0.39, 0.29) is 30.5 Å². The number of esters is 1. The van der Waals surface area contributed by atoms with Gasteiger partial charge in [0.1, 0.15) is 5.82 Å². The molecule has 1 aromatic rings. The minimum atomic E-state index is -0.335. The zero-order valence-corrected chi connectivity index (χ0v) is 17.2. The lowest BCUT2D eigenvalue weighted by atomic mass is 9.71. The van der Waals surface area contributed by atoms with Crippen molar-refractivity contribution in [2.24, 2.45) is 11.8 Å². The van der Waals surface area contributed by atoms with E-state index in [2.05, 4.69) is 9.64 Å². The summed E-state index contributed by atoms with van der Waals surface area (Å²) < 4.78 is 18.4. The van der Waals surface area contributed by atoms with Gasteiger partial charge >= 0.3 is 5.97 Å². The van der Waals surface area contributed by atoms with Gasteiger partial charge in [-0.15, -0.1) is 0 Å². The van der Waals surface area contributed by atoms with Crippen molar-refractivity contribution in [3.05, 3.63) is 35.6 Å². The molecule has 0 N–H and O–H groups in total. The molecule has 3 fully saturated rings. The van der Waals surface area contributed by atoms with Gasteiger partial charge in [0.15, 0.2) is 0 Å². The van der Waals surface area contributed by atoms with Crippen molar-refractivity contribution < 1.29 is 18.7 Å². The molecule has 1 aromatic carbocycles. The first-order valence-electron chi connectivity index (χ1n) is 10.9. The summed E-state index contributed by atoms with van der Waals surface area (Å²) in [6.07, 6.45) is 5.97. The normalized spacial score (nSPS) is 29.2. The Kier molecular flexibility index (Phi) is 6.18. The fourth-order valence-corrected chi connectivity index (χ4v) is 5.77. The van der Waals surface area contributed by atoms with Crippen LogP contribution >= 0.6 is 0 Å². The Morgan fingerprint density at radius 2 is 2.00 bits per heavy atom. The van der Waals surface area contributed by atoms with Gasteiger partial charge in [0.05, 0.1) is 13.5 Å². The van der Waals surface area contributed by atoms with Gasteiger partial charge < -0.3 is 9.64 Å². The first-order chi connectivity index (χ1) is 14.0. The second kappa shape index (κ2) is 8.82. The number of amides is 1. The molecule has 158 valence electrons. The number of carbonyl (C=O) groups excluding carboxylic acids is 2. The molecule has 1 amide bonds. The number of methoxy groups -OCH3 is 1. The van der Waals surface area contributed by atoms with Crippen LogP contribution in [0.4, 0.5) is 4.39 Å². The topological polar surface area (TPSA) is 49.9 Å². The van der Waals surface area contributed by atoms with Crippen LogP contribution in [-0.2, 0) is 20.7 Å². The fraction of sp³-hybridized carbons (Fsp3) is 0.652. The summed E-state index contributed by atoms with van der Waals surface area (Å²) in [5.41, 5.74) is 1.03. The molecule has 2 bridgehead atoms. The maximum absolute atomic E-state index is 13.7. The number of hydrogen-bond donors (Lipinski definition) is 0. The summed E-state index contributed by atoms with van der Waals surface area (Å²) in [6.45, 7) is 2.64. The van der Waals surface area contributed by atoms with Gasteiger partial charge in [0.25, 0.3) is 0 Å². The number of fused-ring (bicyclic) bond motifs is 4. The van der Waals surface area contributed by atoms with Crippen molar-refractivity contribution in [3.63, 3.8) is 0 Å². The largest absolute Gasteiger partial charge is 0.469 e. The smallest absolute Gasteiger partial charge is 0.306 e. The molecule has 3 aliphatic heterocycles. The Morgan fingerprint density at radius 3 is 2.79 bits per heavy atom. The van der Waals surface area contributed by atoms with Gasteiger partial charge in [-0.3, -0.25) is 14.5 Å². The lowest BCUT2D eigenvalue weighted by Gasteiger charge is -2.57. The predicted molar refractivity (Wildman–Crippen MR) is 108 cm³/mol. The molecule has 0 saturated carbocycles. The standard InChI is InChI=1S/C23H31FN2O3/c1-29-23(28)9-8-22(27)25-14-17-13-18(15-25)21(26-10-3-2-7-20(17)26)12-16-5-4-6-19(24)11-16/h4-6,11,17-18,20-21H,2-3,7-10,12-15H2,1H3/t17-,18+,20+,21+/m1/s1. The van der Waals surface area contributed by atoms with E-state index in [1.54, 1.807) is 12.1 Å². The molecule has 0 aromatic heterocycles. The van der Waals surface area contributed by atoms with E-state index in [4.69, 9.17) is 0 Å². The maximum Gasteiger partial charge on any atom is 0.306 e. The van der Waals surface area contributed by atoms with Crippen molar-refractivity contribution in [3.8, 4) is 0 Å². The molecule has 3 saturated heterocycles. The van der Waals surface area contributed by atoms with Crippen LogP contribution in [0.2, 0.25) is 0 Å². The molecule has 0 aliphatic carbocycles. The molecule has 29 heavy (non-hydrogen) atoms. The van der Waals surface area contributed by atoms with Crippen LogP contribution in [-0.4, -0.2) is 60.5 Å². The summed E-state index contributed by atoms with van der Waals surface area (Å²) in [4.78, 5) is 28.9. The van der Waals surface area contributed by atoms with Crippen LogP contribution in [0.15, 0.2) is 24.3 Å². The third-order valence-electron chi connectivity index (χ3n) is 7.08. The Hall–Kier alpha value is -1.95. The monoisotopic (exact) mass is 402 g/mol. The lowest BCUT2D eigenvalue weighted by molar-refractivity contribution is -0.146. The van der Waals surface area contributed by atoms with Gasteiger partial charge in [-0.05, 0) is 61.8 Å². The van der Waals surface area contributed by atoms with Gasteiger partial charge in [-0.25, -0.2) is 4.39 Å². The highest BCUT2D eigenvalue weighted by Gasteiger charge is 2.47. The first kappa shape index (κ1) is 20.3. The highest BCUT2D eigenvalue weighted by atomic mass is 19.1. The molecular weight excluding hydrogens is 371 g/mol. The molecular formula is C23H31FN2O3. The van der Waals surface area contributed by atoms with Crippen LogP contribution in [0.1, 0.15) is 44.1 Å². The van der Waals surface area contributed by atoms with E-state index >= 15 is 0 Å². The summed E-state index contributed by atoms with van der Waals surface area (Å²) >= 11 is 0. The summed E-state index contributed by atoms with van der Waals surface area (Å²) in [7, 11) is 1.35. The van der Waals surface area contributed by atoms with Crippen LogP contribution in [0, 0.1) is 17.7 Å². The van der Waals surface area contributed by atoms with E-state index in [9.17, 15) is 14.0 Å². The number of ether oxygens (including phenoxy) is 1. The van der Waals surface area contributed by atoms with Crippen molar-refractivity contribution in [2.75, 3.05) is 26.7 Å². The number of carbonyl (C=O) groups is 2. The van der Waals surface area contributed by atoms with Gasteiger partial charge in [0.2, 0.25) is 5.91 Å². The van der Waals surface area contributed by atoms with Gasteiger partial charge in [-0.2, -0.15) is 0 Å². The van der Waals surface area contributed by atoms with Crippen LogP contribution in [0.3, 0.4) is 0 Å². The third kappa shape index (κ3) is 4.47. The van der Waals surface area contributed by atoms with Crippen molar-refractivity contribution >= 4 is 11.9 Å². The molecule has 0 unspecified atom stereocenters. The SMILES string of the molecule is COC(=O)CCC(=O)N1C[C@H]2C[C@@H](C1)[C@H](Cc1cccc(F)c1)N1CCCC[C@@H]21. The number of likely N-dealkylation sites (tertiary alicyclic amines) is 1. The minimum Gasteiger partial charge on any atom is -0.469 e. The molecule has 3 aliphatic rings. The molecule has 0 radical (unpaired) electrons. The Bertz CT molecular complexity index is 755. The molecule has 5 nitrogen and oxygen atoms in total. The van der Waals surface area contributed by atoms with Crippen LogP contribution < -0.4 is 0 Å². The molecule has 4 atom stereocenters. The minimum absolute atomic E-state index is 0.0545. The van der Waals surface area contributed by atoms with Crippen molar-refractivity contribution in [1.82, 2.24) is 9.80 Å². The number of benzene rings is 1.